The van der Waals surface area contributed by atoms with Crippen LogP contribution in [0.15, 0.2) is 0 Å². The average Bonchev–Trinajstić information content (AvgIpc) is 2.29. The van der Waals surface area contributed by atoms with Gasteiger partial charge in [-0.3, -0.25) is 0 Å². The van der Waals surface area contributed by atoms with E-state index in [-0.39, 0.29) is 0 Å². The van der Waals surface area contributed by atoms with Gasteiger partial charge in [0.1, 0.15) is 0 Å². The highest BCUT2D eigenvalue weighted by Gasteiger charge is 2.06. The summed E-state index contributed by atoms with van der Waals surface area (Å²) in [6, 6.07) is 0.341. The molecule has 2 atom stereocenters. The minimum absolute atomic E-state index is 0.341. The summed E-state index contributed by atoms with van der Waals surface area (Å²) in [7, 11) is 3.31. The molecular formula is C11H25NO4. The summed E-state index contributed by atoms with van der Waals surface area (Å²) in [5.41, 5.74) is 0. The Morgan fingerprint density at radius 2 is 1.81 bits per heavy atom. The van der Waals surface area contributed by atoms with E-state index in [0.29, 0.717) is 32.4 Å². The summed E-state index contributed by atoms with van der Waals surface area (Å²) in [5.74, 6) is 0. The van der Waals surface area contributed by atoms with Gasteiger partial charge in [-0.1, -0.05) is 0 Å². The van der Waals surface area contributed by atoms with Crippen molar-refractivity contribution in [2.75, 3.05) is 47.2 Å². The van der Waals surface area contributed by atoms with E-state index in [1.54, 1.807) is 14.2 Å². The normalized spacial score (nSPS) is 15.0. The van der Waals surface area contributed by atoms with Gasteiger partial charge in [0, 0.05) is 33.4 Å². The molecule has 0 saturated carbocycles. The number of methoxy groups -OCH3 is 2. The highest BCUT2D eigenvalue weighted by atomic mass is 16.5. The predicted molar refractivity (Wildman–Crippen MR) is 62.7 cm³/mol. The number of hydrogen-bond donors (Lipinski definition) is 2. The molecule has 0 aromatic rings. The molecule has 0 saturated heterocycles. The predicted octanol–water partition coefficient (Wildman–Crippen LogP) is 0.0249. The first-order valence-corrected chi connectivity index (χ1v) is 5.67. The molecule has 0 aromatic heterocycles. The molecule has 0 aromatic carbocycles. The first-order chi connectivity index (χ1) is 7.70. The second kappa shape index (κ2) is 11.3. The minimum Gasteiger partial charge on any atom is -0.389 e. The number of hydrogen-bond acceptors (Lipinski definition) is 5. The molecule has 0 heterocycles. The van der Waals surface area contributed by atoms with Gasteiger partial charge in [0.15, 0.2) is 0 Å². The van der Waals surface area contributed by atoms with Crippen molar-refractivity contribution in [3.05, 3.63) is 0 Å². The van der Waals surface area contributed by atoms with Gasteiger partial charge in [0.2, 0.25) is 0 Å². The molecule has 0 rings (SSSR count). The highest BCUT2D eigenvalue weighted by molar-refractivity contribution is 4.64. The van der Waals surface area contributed by atoms with Crippen LogP contribution in [0.2, 0.25) is 0 Å². The van der Waals surface area contributed by atoms with Crippen molar-refractivity contribution in [1.29, 1.82) is 0 Å². The summed E-state index contributed by atoms with van der Waals surface area (Å²) in [6.45, 7) is 4.76. The molecule has 0 aliphatic carbocycles. The van der Waals surface area contributed by atoms with Crippen molar-refractivity contribution in [3.63, 3.8) is 0 Å². The van der Waals surface area contributed by atoms with Gasteiger partial charge in [-0.25, -0.2) is 0 Å². The third-order valence-corrected chi connectivity index (χ3v) is 2.20. The summed E-state index contributed by atoms with van der Waals surface area (Å²) in [5, 5.41) is 12.8. The molecule has 0 aliphatic heterocycles. The molecular weight excluding hydrogens is 210 g/mol. The van der Waals surface area contributed by atoms with Crippen molar-refractivity contribution in [2.45, 2.75) is 25.5 Å². The Kier molecular flexibility index (Phi) is 11.1. The Hall–Kier alpha value is -0.200. The van der Waals surface area contributed by atoms with Crippen LogP contribution in [0.25, 0.3) is 0 Å². The summed E-state index contributed by atoms with van der Waals surface area (Å²) < 4.78 is 15.0. The third-order valence-electron chi connectivity index (χ3n) is 2.20. The summed E-state index contributed by atoms with van der Waals surface area (Å²) in [4.78, 5) is 0. The monoisotopic (exact) mass is 235 g/mol. The molecule has 0 amide bonds. The molecule has 0 bridgehead atoms. The number of nitrogens with one attached hydrogen (secondary N) is 1. The van der Waals surface area contributed by atoms with Gasteiger partial charge in [-0.2, -0.15) is 0 Å². The molecule has 2 unspecified atom stereocenters. The summed E-state index contributed by atoms with van der Waals surface area (Å²) in [6.07, 6.45) is 0.468. The standard InChI is InChI=1S/C11H25NO4/c1-10(4-5-14-2)12-8-11(13)9-16-7-6-15-3/h10-13H,4-9H2,1-3H3. The molecule has 5 heteroatoms. The maximum absolute atomic E-state index is 9.56. The van der Waals surface area contributed by atoms with E-state index in [1.807, 2.05) is 0 Å². The topological polar surface area (TPSA) is 60.0 Å². The van der Waals surface area contributed by atoms with Crippen LogP contribution in [0.3, 0.4) is 0 Å². The van der Waals surface area contributed by atoms with E-state index in [4.69, 9.17) is 14.2 Å². The molecule has 2 N–H and O–H groups in total. The van der Waals surface area contributed by atoms with E-state index in [2.05, 4.69) is 12.2 Å². The zero-order valence-electron chi connectivity index (χ0n) is 10.6. The van der Waals surface area contributed by atoms with Crippen LogP contribution in [-0.2, 0) is 14.2 Å². The lowest BCUT2D eigenvalue weighted by molar-refractivity contribution is 0.0127. The van der Waals surface area contributed by atoms with Gasteiger partial charge in [0.05, 0.1) is 25.9 Å². The lowest BCUT2D eigenvalue weighted by atomic mass is 10.2. The van der Waals surface area contributed by atoms with E-state index < -0.39 is 6.10 Å². The van der Waals surface area contributed by atoms with Gasteiger partial charge in [-0.15, -0.1) is 0 Å². The molecule has 5 nitrogen and oxygen atoms in total. The maximum atomic E-state index is 9.56. The number of ether oxygens (including phenoxy) is 3. The molecule has 16 heavy (non-hydrogen) atoms. The molecule has 0 aliphatic rings. The summed E-state index contributed by atoms with van der Waals surface area (Å²) >= 11 is 0. The number of aliphatic hydroxyl groups is 1. The van der Waals surface area contributed by atoms with Crippen molar-refractivity contribution in [3.8, 4) is 0 Å². The van der Waals surface area contributed by atoms with Crippen molar-refractivity contribution >= 4 is 0 Å². The Labute approximate surface area is 98.1 Å². The maximum Gasteiger partial charge on any atom is 0.0897 e. The number of aliphatic hydroxyl groups excluding tert-OH is 1. The van der Waals surface area contributed by atoms with Crippen LogP contribution in [-0.4, -0.2) is 64.4 Å². The van der Waals surface area contributed by atoms with Gasteiger partial charge in [-0.05, 0) is 13.3 Å². The Balaban J connectivity index is 3.31. The van der Waals surface area contributed by atoms with Crippen LogP contribution >= 0.6 is 0 Å². The quantitative estimate of drug-likeness (QED) is 0.495. The second-order valence-electron chi connectivity index (χ2n) is 3.81. The lowest BCUT2D eigenvalue weighted by Gasteiger charge is -2.16. The van der Waals surface area contributed by atoms with E-state index >= 15 is 0 Å². The van der Waals surface area contributed by atoms with Gasteiger partial charge in [0.25, 0.3) is 0 Å². The first-order valence-electron chi connectivity index (χ1n) is 5.67. The fraction of sp³-hybridized carbons (Fsp3) is 1.00. The van der Waals surface area contributed by atoms with Crippen LogP contribution in [0.5, 0.6) is 0 Å². The Bertz CT molecular complexity index is 146. The second-order valence-corrected chi connectivity index (χ2v) is 3.81. The molecule has 0 fully saturated rings. The van der Waals surface area contributed by atoms with E-state index in [0.717, 1.165) is 13.0 Å². The number of rotatable bonds is 11. The van der Waals surface area contributed by atoms with Crippen molar-refractivity contribution in [1.82, 2.24) is 5.32 Å². The van der Waals surface area contributed by atoms with E-state index in [9.17, 15) is 5.11 Å². The van der Waals surface area contributed by atoms with Crippen molar-refractivity contribution in [2.24, 2.45) is 0 Å². The zero-order valence-corrected chi connectivity index (χ0v) is 10.6. The highest BCUT2D eigenvalue weighted by Crippen LogP contribution is 1.92. The van der Waals surface area contributed by atoms with Gasteiger partial charge < -0.3 is 24.6 Å². The molecule has 0 radical (unpaired) electrons. The average molecular weight is 235 g/mol. The Morgan fingerprint density at radius 3 is 2.44 bits per heavy atom. The van der Waals surface area contributed by atoms with Crippen molar-refractivity contribution < 1.29 is 19.3 Å². The Morgan fingerprint density at radius 1 is 1.12 bits per heavy atom. The largest absolute Gasteiger partial charge is 0.389 e. The van der Waals surface area contributed by atoms with Crippen LogP contribution in [0, 0.1) is 0 Å². The zero-order chi connectivity index (χ0) is 12.2. The fourth-order valence-electron chi connectivity index (χ4n) is 1.15. The van der Waals surface area contributed by atoms with E-state index in [1.165, 1.54) is 0 Å². The van der Waals surface area contributed by atoms with Gasteiger partial charge >= 0.3 is 0 Å². The fourth-order valence-corrected chi connectivity index (χ4v) is 1.15. The van der Waals surface area contributed by atoms with Crippen LogP contribution in [0.4, 0.5) is 0 Å². The first kappa shape index (κ1) is 15.8. The lowest BCUT2D eigenvalue weighted by Crippen LogP contribution is -2.36. The minimum atomic E-state index is -0.471. The SMILES string of the molecule is COCCOCC(O)CNC(C)CCOC. The third kappa shape index (κ3) is 10.3. The smallest absolute Gasteiger partial charge is 0.0897 e. The van der Waals surface area contributed by atoms with Crippen LogP contribution < -0.4 is 5.32 Å². The molecule has 98 valence electrons. The van der Waals surface area contributed by atoms with Crippen LogP contribution in [0.1, 0.15) is 13.3 Å². The molecule has 0 spiro atoms.